The molecule has 0 radical (unpaired) electrons. The van der Waals surface area contributed by atoms with Crippen molar-refractivity contribution in [3.05, 3.63) is 22.3 Å². The Morgan fingerprint density at radius 2 is 1.41 bits per heavy atom. The number of nitrogens with one attached hydrogen (secondary N) is 2. The number of rotatable bonds is 9. The zero-order valence-electron chi connectivity index (χ0n) is 17.5. The van der Waals surface area contributed by atoms with E-state index in [2.05, 4.69) is 10.6 Å². The molecule has 1 aliphatic carbocycles. The number of amides is 1. The number of ketones is 2. The Bertz CT molecular complexity index is 712. The van der Waals surface area contributed by atoms with Crippen LogP contribution in [0.25, 0.3) is 0 Å². The third-order valence-electron chi connectivity index (χ3n) is 5.13. The number of carbonyl (C=O) groups is 4. The lowest BCUT2D eigenvalue weighted by molar-refractivity contribution is -0.123. The van der Waals surface area contributed by atoms with Crippen molar-refractivity contribution in [3.63, 3.8) is 0 Å². The molecule has 0 aromatic rings. The Balaban J connectivity index is 3.22. The Morgan fingerprint density at radius 1 is 0.926 bits per heavy atom. The van der Waals surface area contributed by atoms with Gasteiger partial charge in [0, 0.05) is 59.1 Å². The lowest BCUT2D eigenvalue weighted by Crippen LogP contribution is -2.38. The van der Waals surface area contributed by atoms with Gasteiger partial charge in [-0.2, -0.15) is 0 Å². The second-order valence-corrected chi connectivity index (χ2v) is 8.43. The molecule has 0 aliphatic heterocycles. The smallest absolute Gasteiger partial charge is 0.220 e. The molecular weight excluding hydrogens is 344 g/mol. The van der Waals surface area contributed by atoms with Crippen LogP contribution in [0.5, 0.6) is 0 Å². The van der Waals surface area contributed by atoms with Gasteiger partial charge in [-0.15, -0.1) is 0 Å². The fourth-order valence-electron chi connectivity index (χ4n) is 3.76. The fourth-order valence-corrected chi connectivity index (χ4v) is 3.76. The Labute approximate surface area is 161 Å². The van der Waals surface area contributed by atoms with Crippen LogP contribution in [-0.2, 0) is 19.2 Å². The molecule has 0 aromatic heterocycles. The van der Waals surface area contributed by atoms with Crippen LogP contribution in [0.15, 0.2) is 22.3 Å². The van der Waals surface area contributed by atoms with Crippen molar-refractivity contribution in [1.29, 1.82) is 0 Å². The lowest BCUT2D eigenvalue weighted by Gasteiger charge is -2.35. The van der Waals surface area contributed by atoms with E-state index >= 15 is 0 Å². The summed E-state index contributed by atoms with van der Waals surface area (Å²) in [5.74, 6) is -0.587. The molecule has 0 aromatic carbocycles. The lowest BCUT2D eigenvalue weighted by atomic mass is 9.66. The number of hydrogen-bond acceptors (Lipinski definition) is 5. The molecule has 150 valence electrons. The van der Waals surface area contributed by atoms with E-state index in [1.807, 2.05) is 13.8 Å². The molecule has 1 rings (SSSR count). The summed E-state index contributed by atoms with van der Waals surface area (Å²) in [5, 5.41) is 5.76. The molecule has 27 heavy (non-hydrogen) atoms. The van der Waals surface area contributed by atoms with E-state index in [0.29, 0.717) is 35.4 Å². The molecule has 0 saturated carbocycles. The molecule has 0 heterocycles. The van der Waals surface area contributed by atoms with E-state index in [9.17, 15) is 19.2 Å². The maximum absolute atomic E-state index is 13.1. The van der Waals surface area contributed by atoms with Crippen LogP contribution in [-0.4, -0.2) is 43.9 Å². The first-order valence-corrected chi connectivity index (χ1v) is 9.27. The summed E-state index contributed by atoms with van der Waals surface area (Å²) in [6.07, 6.45) is 1.05. The third kappa shape index (κ3) is 5.01. The number of aldehydes is 1. The van der Waals surface area contributed by atoms with Gasteiger partial charge in [0.05, 0.1) is 0 Å². The van der Waals surface area contributed by atoms with Crippen LogP contribution in [0, 0.1) is 10.8 Å². The van der Waals surface area contributed by atoms with Gasteiger partial charge in [-0.05, 0) is 20.9 Å². The monoisotopic (exact) mass is 376 g/mol. The maximum Gasteiger partial charge on any atom is 0.220 e. The minimum absolute atomic E-state index is 0.114. The van der Waals surface area contributed by atoms with Crippen molar-refractivity contribution in [2.45, 2.75) is 54.4 Å². The topological polar surface area (TPSA) is 92.3 Å². The van der Waals surface area contributed by atoms with E-state index in [4.69, 9.17) is 0 Å². The normalized spacial score (nSPS) is 16.1. The Morgan fingerprint density at radius 3 is 1.85 bits per heavy atom. The zero-order chi connectivity index (χ0) is 21.0. The average molecular weight is 376 g/mol. The second kappa shape index (κ2) is 8.74. The number of hydrogen-bond donors (Lipinski definition) is 2. The van der Waals surface area contributed by atoms with Gasteiger partial charge in [-0.1, -0.05) is 27.7 Å². The first kappa shape index (κ1) is 23.0. The molecule has 0 atom stereocenters. The van der Waals surface area contributed by atoms with Gasteiger partial charge >= 0.3 is 0 Å². The van der Waals surface area contributed by atoms with Gasteiger partial charge in [0.1, 0.15) is 6.29 Å². The minimum Gasteiger partial charge on any atom is -0.355 e. The molecule has 6 nitrogen and oxygen atoms in total. The number of Topliss-reactive ketones (excluding diaryl/α,β-unsaturated/α-hetero) is 2. The van der Waals surface area contributed by atoms with Gasteiger partial charge in [0.2, 0.25) is 5.91 Å². The molecule has 0 bridgehead atoms. The highest BCUT2D eigenvalue weighted by molar-refractivity contribution is 6.25. The van der Waals surface area contributed by atoms with E-state index in [1.54, 1.807) is 34.7 Å². The van der Waals surface area contributed by atoms with Crippen molar-refractivity contribution in [2.24, 2.45) is 10.8 Å². The van der Waals surface area contributed by atoms with E-state index in [1.165, 1.54) is 0 Å². The van der Waals surface area contributed by atoms with Crippen LogP contribution in [0.3, 0.4) is 0 Å². The van der Waals surface area contributed by atoms with E-state index < -0.39 is 10.8 Å². The molecular formula is C21H32N2O4. The number of carbonyl (C=O) groups excluding carboxylic acids is 4. The van der Waals surface area contributed by atoms with Gasteiger partial charge in [0.25, 0.3) is 0 Å². The van der Waals surface area contributed by atoms with Crippen LogP contribution in [0.2, 0.25) is 0 Å². The van der Waals surface area contributed by atoms with Crippen molar-refractivity contribution >= 4 is 23.8 Å². The largest absolute Gasteiger partial charge is 0.355 e. The van der Waals surface area contributed by atoms with E-state index in [0.717, 1.165) is 6.29 Å². The molecule has 1 amide bonds. The minimum atomic E-state index is -0.776. The highest BCUT2D eigenvalue weighted by Crippen LogP contribution is 2.43. The van der Waals surface area contributed by atoms with Gasteiger partial charge in [0.15, 0.2) is 11.6 Å². The van der Waals surface area contributed by atoms with Gasteiger partial charge in [-0.25, -0.2) is 0 Å². The molecule has 0 saturated heterocycles. The van der Waals surface area contributed by atoms with Crippen molar-refractivity contribution in [2.75, 3.05) is 20.1 Å². The van der Waals surface area contributed by atoms with Crippen LogP contribution in [0.4, 0.5) is 0 Å². The van der Waals surface area contributed by atoms with Crippen molar-refractivity contribution < 1.29 is 19.2 Å². The number of allylic oxidation sites excluding steroid dienone is 4. The SMILES string of the molecule is CNCCNC(=O)CC(C)(C)C1=C(C)C(=O)C(C(C)(C)CC=O)=C(C)C1=O. The summed E-state index contributed by atoms with van der Waals surface area (Å²) in [6.45, 7) is 11.6. The summed E-state index contributed by atoms with van der Waals surface area (Å²) >= 11 is 0. The Kier molecular flexibility index (Phi) is 7.43. The maximum atomic E-state index is 13.1. The zero-order valence-corrected chi connectivity index (χ0v) is 17.5. The Hall–Kier alpha value is -2.08. The quantitative estimate of drug-likeness (QED) is 0.365. The summed E-state index contributed by atoms with van der Waals surface area (Å²) in [7, 11) is 1.80. The van der Waals surface area contributed by atoms with Crippen LogP contribution < -0.4 is 10.6 Å². The van der Waals surface area contributed by atoms with Crippen LogP contribution >= 0.6 is 0 Å². The summed E-state index contributed by atoms with van der Waals surface area (Å²) < 4.78 is 0. The summed E-state index contributed by atoms with van der Waals surface area (Å²) in [4.78, 5) is 49.5. The van der Waals surface area contributed by atoms with Crippen LogP contribution in [0.1, 0.15) is 54.4 Å². The highest BCUT2D eigenvalue weighted by Gasteiger charge is 2.42. The number of likely N-dealkylation sites (N-methyl/N-ethyl adjacent to an activating group) is 1. The fraction of sp³-hybridized carbons (Fsp3) is 0.619. The predicted molar refractivity (Wildman–Crippen MR) is 105 cm³/mol. The van der Waals surface area contributed by atoms with E-state index in [-0.39, 0.29) is 30.3 Å². The van der Waals surface area contributed by atoms with Gasteiger partial charge in [-0.3, -0.25) is 14.4 Å². The highest BCUT2D eigenvalue weighted by atomic mass is 16.2. The first-order chi connectivity index (χ1) is 12.4. The summed E-state index contributed by atoms with van der Waals surface area (Å²) in [6, 6.07) is 0. The summed E-state index contributed by atoms with van der Waals surface area (Å²) in [5.41, 5.74) is 0.0422. The average Bonchev–Trinajstić information content (AvgIpc) is 2.52. The molecule has 0 unspecified atom stereocenters. The van der Waals surface area contributed by atoms with Crippen molar-refractivity contribution in [3.8, 4) is 0 Å². The van der Waals surface area contributed by atoms with Gasteiger partial charge < -0.3 is 15.4 Å². The predicted octanol–water partition coefficient (Wildman–Crippen LogP) is 2.14. The third-order valence-corrected chi connectivity index (χ3v) is 5.13. The standard InChI is InChI=1S/C21H32N2O4/c1-13-16(20(3,4)8-11-24)18(26)14(2)17(19(13)27)21(5,6)12-15(25)23-10-9-22-7/h11,22H,8-10,12H2,1-7H3,(H,23,25). The molecule has 0 fully saturated rings. The molecule has 0 spiro atoms. The molecule has 6 heteroatoms. The van der Waals surface area contributed by atoms with Crippen molar-refractivity contribution in [1.82, 2.24) is 10.6 Å². The molecule has 1 aliphatic rings. The molecule has 2 N–H and O–H groups in total. The first-order valence-electron chi connectivity index (χ1n) is 9.27. The second-order valence-electron chi connectivity index (χ2n) is 8.43.